The van der Waals surface area contributed by atoms with E-state index in [0.29, 0.717) is 0 Å². The minimum Gasteiger partial charge on any atom is -0.306 e. The summed E-state index contributed by atoms with van der Waals surface area (Å²) in [5.74, 6) is 0.869. The van der Waals surface area contributed by atoms with E-state index in [1.54, 1.807) is 0 Å². The Morgan fingerprint density at radius 3 is 2.61 bits per heavy atom. The molecule has 0 bridgehead atoms. The molecule has 0 atom stereocenters. The Balaban J connectivity index is 1.82. The quantitative estimate of drug-likeness (QED) is 0.842. The van der Waals surface area contributed by atoms with Crippen LogP contribution >= 0.6 is 15.9 Å². The van der Waals surface area contributed by atoms with Crippen LogP contribution < -0.4 is 0 Å². The molecule has 0 N–H and O–H groups in total. The van der Waals surface area contributed by atoms with Crippen LogP contribution in [0.1, 0.15) is 18.4 Å². The predicted octanol–water partition coefficient (Wildman–Crippen LogP) is 3.22. The van der Waals surface area contributed by atoms with Crippen molar-refractivity contribution in [1.29, 1.82) is 0 Å². The molecule has 100 valence electrons. The Labute approximate surface area is 119 Å². The maximum Gasteiger partial charge on any atom is 0.0242 e. The van der Waals surface area contributed by atoms with Crippen LogP contribution in [-0.4, -0.2) is 43.5 Å². The number of hydrogen-bond acceptors (Lipinski definition) is 2. The van der Waals surface area contributed by atoms with Gasteiger partial charge < -0.3 is 9.80 Å². The fraction of sp³-hybridized carbons (Fsp3) is 0.600. The van der Waals surface area contributed by atoms with Crippen molar-refractivity contribution in [2.45, 2.75) is 19.4 Å². The van der Waals surface area contributed by atoms with Crippen molar-refractivity contribution >= 4 is 15.9 Å². The predicted molar refractivity (Wildman–Crippen MR) is 80.7 cm³/mol. The van der Waals surface area contributed by atoms with Crippen molar-refractivity contribution < 1.29 is 0 Å². The van der Waals surface area contributed by atoms with Crippen LogP contribution in [0.3, 0.4) is 0 Å². The molecular weight excluding hydrogens is 288 g/mol. The average molecular weight is 311 g/mol. The number of benzene rings is 1. The molecule has 3 heteroatoms. The number of likely N-dealkylation sites (tertiary alicyclic amines) is 1. The van der Waals surface area contributed by atoms with Gasteiger partial charge in [0.25, 0.3) is 0 Å². The molecule has 2 nitrogen and oxygen atoms in total. The van der Waals surface area contributed by atoms with E-state index in [0.717, 1.165) is 12.5 Å². The van der Waals surface area contributed by atoms with E-state index in [1.165, 1.54) is 42.5 Å². The molecule has 1 fully saturated rings. The van der Waals surface area contributed by atoms with Crippen LogP contribution in [0.25, 0.3) is 0 Å². The Bertz CT molecular complexity index is 373. The van der Waals surface area contributed by atoms with Crippen molar-refractivity contribution in [1.82, 2.24) is 9.80 Å². The minimum absolute atomic E-state index is 0.869. The normalized spacial score (nSPS) is 18.4. The second-order valence-corrected chi connectivity index (χ2v) is 6.39. The Kier molecular flexibility index (Phi) is 5.22. The summed E-state index contributed by atoms with van der Waals surface area (Å²) in [5, 5.41) is 0. The molecule has 0 radical (unpaired) electrons. The molecule has 0 aromatic heterocycles. The molecular formula is C15H23BrN2. The highest BCUT2D eigenvalue weighted by atomic mass is 79.9. The van der Waals surface area contributed by atoms with E-state index in [2.05, 4.69) is 64.1 Å². The van der Waals surface area contributed by atoms with Gasteiger partial charge in [0.1, 0.15) is 0 Å². The maximum absolute atomic E-state index is 3.62. The molecule has 1 saturated heterocycles. The largest absolute Gasteiger partial charge is 0.306 e. The van der Waals surface area contributed by atoms with Crippen molar-refractivity contribution in [2.75, 3.05) is 33.7 Å². The smallest absolute Gasteiger partial charge is 0.0242 e. The Morgan fingerprint density at radius 2 is 1.94 bits per heavy atom. The molecule has 1 aromatic carbocycles. The van der Waals surface area contributed by atoms with Gasteiger partial charge in [0.05, 0.1) is 0 Å². The van der Waals surface area contributed by atoms with E-state index in [4.69, 9.17) is 0 Å². The topological polar surface area (TPSA) is 6.48 Å². The summed E-state index contributed by atoms with van der Waals surface area (Å²) in [6, 6.07) is 8.52. The zero-order valence-electron chi connectivity index (χ0n) is 11.4. The van der Waals surface area contributed by atoms with Crippen molar-refractivity contribution in [3.05, 3.63) is 34.3 Å². The number of hydrogen-bond donors (Lipinski definition) is 0. The zero-order chi connectivity index (χ0) is 13.0. The Hall–Kier alpha value is -0.380. The van der Waals surface area contributed by atoms with E-state index in [-0.39, 0.29) is 0 Å². The second-order valence-electron chi connectivity index (χ2n) is 5.53. The lowest BCUT2D eigenvalue weighted by Gasteiger charge is -2.31. The van der Waals surface area contributed by atoms with E-state index < -0.39 is 0 Å². The molecule has 0 unspecified atom stereocenters. The standard InChI is InChI=1S/C15H23BrN2/c1-17-9-7-13(8-10-17)11-18(2)12-14-5-3-4-6-15(14)16/h3-6,13H,7-12H2,1-2H3. The van der Waals surface area contributed by atoms with Crippen molar-refractivity contribution in [2.24, 2.45) is 5.92 Å². The van der Waals surface area contributed by atoms with Gasteiger partial charge in [-0.2, -0.15) is 0 Å². The first-order chi connectivity index (χ1) is 8.65. The monoisotopic (exact) mass is 310 g/mol. The summed E-state index contributed by atoms with van der Waals surface area (Å²) >= 11 is 3.62. The summed E-state index contributed by atoms with van der Waals surface area (Å²) in [4.78, 5) is 4.89. The lowest BCUT2D eigenvalue weighted by molar-refractivity contribution is 0.173. The molecule has 1 aliphatic rings. The lowest BCUT2D eigenvalue weighted by atomic mass is 9.96. The van der Waals surface area contributed by atoms with Crippen LogP contribution in [-0.2, 0) is 6.54 Å². The summed E-state index contributed by atoms with van der Waals surface area (Å²) in [7, 11) is 4.46. The van der Waals surface area contributed by atoms with Gasteiger partial charge in [-0.1, -0.05) is 34.1 Å². The van der Waals surface area contributed by atoms with Crippen molar-refractivity contribution in [3.63, 3.8) is 0 Å². The Morgan fingerprint density at radius 1 is 1.28 bits per heavy atom. The van der Waals surface area contributed by atoms with Crippen molar-refractivity contribution in [3.8, 4) is 0 Å². The van der Waals surface area contributed by atoms with Gasteiger partial charge in [-0.15, -0.1) is 0 Å². The first-order valence-electron chi connectivity index (χ1n) is 6.75. The lowest BCUT2D eigenvalue weighted by Crippen LogP contribution is -2.35. The van der Waals surface area contributed by atoms with Crippen LogP contribution in [0.2, 0.25) is 0 Å². The summed E-state index contributed by atoms with van der Waals surface area (Å²) in [6.07, 6.45) is 2.69. The molecule has 2 rings (SSSR count). The van der Waals surface area contributed by atoms with Gasteiger partial charge in [-0.25, -0.2) is 0 Å². The van der Waals surface area contributed by atoms with Crippen LogP contribution in [0.15, 0.2) is 28.7 Å². The van der Waals surface area contributed by atoms with Crippen LogP contribution in [0.4, 0.5) is 0 Å². The number of nitrogens with zero attached hydrogens (tertiary/aromatic N) is 2. The molecule has 1 heterocycles. The third-order valence-corrected chi connectivity index (χ3v) is 4.58. The van der Waals surface area contributed by atoms with Gasteiger partial charge in [0.2, 0.25) is 0 Å². The fourth-order valence-electron chi connectivity index (χ4n) is 2.67. The molecule has 18 heavy (non-hydrogen) atoms. The summed E-state index contributed by atoms with van der Waals surface area (Å²) in [6.45, 7) is 4.77. The van der Waals surface area contributed by atoms with Gasteiger partial charge in [-0.3, -0.25) is 0 Å². The first kappa shape index (κ1) is 14.0. The summed E-state index contributed by atoms with van der Waals surface area (Å²) in [5.41, 5.74) is 1.38. The fourth-order valence-corrected chi connectivity index (χ4v) is 3.08. The SMILES string of the molecule is CN1CCC(CN(C)Cc2ccccc2Br)CC1. The molecule has 0 aliphatic carbocycles. The second kappa shape index (κ2) is 6.69. The summed E-state index contributed by atoms with van der Waals surface area (Å²) < 4.78 is 1.22. The van der Waals surface area contributed by atoms with Gasteiger partial charge >= 0.3 is 0 Å². The van der Waals surface area contributed by atoms with Gasteiger partial charge in [-0.05, 0) is 57.6 Å². The average Bonchev–Trinajstić information content (AvgIpc) is 2.35. The molecule has 1 aliphatic heterocycles. The number of halogens is 1. The molecule has 1 aromatic rings. The molecule has 0 amide bonds. The third kappa shape index (κ3) is 4.08. The molecule has 0 spiro atoms. The van der Waals surface area contributed by atoms with Crippen LogP contribution in [0, 0.1) is 5.92 Å². The zero-order valence-corrected chi connectivity index (χ0v) is 13.0. The first-order valence-corrected chi connectivity index (χ1v) is 7.55. The van der Waals surface area contributed by atoms with E-state index >= 15 is 0 Å². The third-order valence-electron chi connectivity index (χ3n) is 3.81. The highest BCUT2D eigenvalue weighted by Crippen LogP contribution is 2.20. The maximum atomic E-state index is 3.62. The van der Waals surface area contributed by atoms with Gasteiger partial charge in [0, 0.05) is 17.6 Å². The number of piperidine rings is 1. The highest BCUT2D eigenvalue weighted by Gasteiger charge is 2.18. The minimum atomic E-state index is 0.869. The number of rotatable bonds is 4. The van der Waals surface area contributed by atoms with Gasteiger partial charge in [0.15, 0.2) is 0 Å². The van der Waals surface area contributed by atoms with Crippen LogP contribution in [0.5, 0.6) is 0 Å². The van der Waals surface area contributed by atoms with E-state index in [9.17, 15) is 0 Å². The molecule has 0 saturated carbocycles. The van der Waals surface area contributed by atoms with E-state index in [1.807, 2.05) is 0 Å². The highest BCUT2D eigenvalue weighted by molar-refractivity contribution is 9.10.